The molecule has 6 heteroatoms. The number of carbonyl (C=O) groups is 1. The Morgan fingerprint density at radius 1 is 1.18 bits per heavy atom. The van der Waals surface area contributed by atoms with Gasteiger partial charge in [0.1, 0.15) is 6.04 Å². The second-order valence-electron chi connectivity index (χ2n) is 7.52. The van der Waals surface area contributed by atoms with Crippen molar-refractivity contribution in [3.63, 3.8) is 0 Å². The number of rotatable bonds is 4. The number of fused-ring (bicyclic) bond motifs is 2. The third-order valence-corrected chi connectivity index (χ3v) is 7.28. The highest BCUT2D eigenvalue weighted by Gasteiger charge is 2.43. The Labute approximate surface area is 133 Å². The molecule has 5 nitrogen and oxygen atoms in total. The molecule has 3 rings (SSSR count). The molecule has 1 heterocycles. The van der Waals surface area contributed by atoms with Crippen LogP contribution in [0.25, 0.3) is 0 Å². The molecule has 1 saturated heterocycles. The molecule has 1 amide bonds. The van der Waals surface area contributed by atoms with Gasteiger partial charge in [-0.25, -0.2) is 8.42 Å². The first-order valence-electron chi connectivity index (χ1n) is 8.63. The molecule has 0 spiro atoms. The maximum Gasteiger partial charge on any atom is 0.238 e. The second kappa shape index (κ2) is 6.11. The minimum absolute atomic E-state index is 0.0969. The number of hydrogen-bond donors (Lipinski definition) is 1. The van der Waals surface area contributed by atoms with Gasteiger partial charge in [0.05, 0.1) is 6.26 Å². The highest BCUT2D eigenvalue weighted by atomic mass is 32.2. The largest absolute Gasteiger partial charge is 0.352 e. The second-order valence-corrected chi connectivity index (χ2v) is 9.46. The summed E-state index contributed by atoms with van der Waals surface area (Å²) in [5.41, 5.74) is 0. The molecule has 0 radical (unpaired) electrons. The highest BCUT2D eigenvalue weighted by Crippen LogP contribution is 2.49. The Hall–Kier alpha value is -0.620. The van der Waals surface area contributed by atoms with E-state index in [-0.39, 0.29) is 11.9 Å². The van der Waals surface area contributed by atoms with Crippen LogP contribution in [0.1, 0.15) is 51.9 Å². The maximum atomic E-state index is 12.6. The molecule has 1 N–H and O–H groups in total. The lowest BCUT2D eigenvalue weighted by atomic mass is 9.84. The van der Waals surface area contributed by atoms with Gasteiger partial charge in [0.25, 0.3) is 0 Å². The van der Waals surface area contributed by atoms with E-state index >= 15 is 0 Å². The fourth-order valence-electron chi connectivity index (χ4n) is 4.90. The van der Waals surface area contributed by atoms with Crippen LogP contribution in [-0.2, 0) is 14.8 Å². The normalized spacial score (nSPS) is 37.2. The van der Waals surface area contributed by atoms with Gasteiger partial charge in [0.15, 0.2) is 0 Å². The standard InChI is InChI=1S/C16H28N2O3S/c1-11(14-10-12-6-7-13(14)9-12)17-16(19)15-5-3-4-8-18(15)22(2,20)21/h11-15H,3-10H2,1-2H3,(H,17,19)/t11-,12-,13-,14-,15-/m0/s1. The summed E-state index contributed by atoms with van der Waals surface area (Å²) in [6.07, 6.45) is 8.82. The first-order valence-corrected chi connectivity index (χ1v) is 10.5. The topological polar surface area (TPSA) is 66.5 Å². The molecule has 0 aromatic rings. The quantitative estimate of drug-likeness (QED) is 0.855. The van der Waals surface area contributed by atoms with Crippen LogP contribution >= 0.6 is 0 Å². The van der Waals surface area contributed by atoms with E-state index in [0.29, 0.717) is 18.9 Å². The Kier molecular flexibility index (Phi) is 4.52. The maximum absolute atomic E-state index is 12.6. The van der Waals surface area contributed by atoms with Crippen molar-refractivity contribution in [3.8, 4) is 0 Å². The highest BCUT2D eigenvalue weighted by molar-refractivity contribution is 7.88. The molecular weight excluding hydrogens is 300 g/mol. The van der Waals surface area contributed by atoms with Crippen molar-refractivity contribution in [2.45, 2.75) is 64.0 Å². The van der Waals surface area contributed by atoms with Crippen molar-refractivity contribution in [2.75, 3.05) is 12.8 Å². The fourth-order valence-corrected chi connectivity index (χ4v) is 6.02. The molecule has 22 heavy (non-hydrogen) atoms. The minimum atomic E-state index is -3.31. The van der Waals surface area contributed by atoms with E-state index in [2.05, 4.69) is 12.2 Å². The zero-order valence-corrected chi connectivity index (χ0v) is 14.4. The van der Waals surface area contributed by atoms with Crippen LogP contribution in [0.4, 0.5) is 0 Å². The van der Waals surface area contributed by atoms with Gasteiger partial charge < -0.3 is 5.32 Å². The first-order chi connectivity index (χ1) is 10.4. The third-order valence-electron chi connectivity index (χ3n) is 5.99. The van der Waals surface area contributed by atoms with E-state index in [9.17, 15) is 13.2 Å². The molecule has 2 saturated carbocycles. The van der Waals surface area contributed by atoms with Crippen molar-refractivity contribution in [1.82, 2.24) is 9.62 Å². The summed E-state index contributed by atoms with van der Waals surface area (Å²) in [5.74, 6) is 2.10. The molecule has 3 aliphatic rings. The summed E-state index contributed by atoms with van der Waals surface area (Å²) in [5, 5.41) is 3.13. The van der Waals surface area contributed by atoms with E-state index in [1.165, 1.54) is 36.2 Å². The van der Waals surface area contributed by atoms with Gasteiger partial charge in [-0.3, -0.25) is 4.79 Å². The number of amides is 1. The lowest BCUT2D eigenvalue weighted by Gasteiger charge is -2.35. The molecule has 2 aliphatic carbocycles. The van der Waals surface area contributed by atoms with E-state index < -0.39 is 16.1 Å². The predicted octanol–water partition coefficient (Wildman–Crippen LogP) is 1.74. The molecule has 0 aromatic heterocycles. The summed E-state index contributed by atoms with van der Waals surface area (Å²) < 4.78 is 25.2. The first kappa shape index (κ1) is 16.2. The SMILES string of the molecule is C[C@H](NC(=O)[C@@H]1CCCCN1S(C)(=O)=O)[C@@H]1C[C@H]2CC[C@H]1C2. The zero-order chi connectivity index (χ0) is 15.9. The average molecular weight is 328 g/mol. The smallest absolute Gasteiger partial charge is 0.238 e. The van der Waals surface area contributed by atoms with E-state index in [1.54, 1.807) is 0 Å². The average Bonchev–Trinajstić information content (AvgIpc) is 3.09. The predicted molar refractivity (Wildman–Crippen MR) is 85.7 cm³/mol. The molecule has 0 aromatic carbocycles. The molecule has 1 aliphatic heterocycles. The van der Waals surface area contributed by atoms with E-state index in [0.717, 1.165) is 24.7 Å². The zero-order valence-electron chi connectivity index (χ0n) is 13.6. The number of piperidine rings is 1. The summed E-state index contributed by atoms with van der Waals surface area (Å²) >= 11 is 0. The van der Waals surface area contributed by atoms with Crippen LogP contribution in [0.3, 0.4) is 0 Å². The molecule has 5 atom stereocenters. The number of carbonyl (C=O) groups excluding carboxylic acids is 1. The van der Waals surface area contributed by atoms with Gasteiger partial charge in [-0.05, 0) is 56.8 Å². The van der Waals surface area contributed by atoms with Gasteiger partial charge in [-0.2, -0.15) is 4.31 Å². The Bertz CT molecular complexity index is 534. The van der Waals surface area contributed by atoms with Crippen LogP contribution in [0.5, 0.6) is 0 Å². The Morgan fingerprint density at radius 2 is 1.95 bits per heavy atom. The third kappa shape index (κ3) is 3.18. The fraction of sp³-hybridized carbons (Fsp3) is 0.938. The molecule has 2 bridgehead atoms. The van der Waals surface area contributed by atoms with Crippen LogP contribution in [-0.4, -0.2) is 43.5 Å². The van der Waals surface area contributed by atoms with Crippen molar-refractivity contribution < 1.29 is 13.2 Å². The van der Waals surface area contributed by atoms with Crippen molar-refractivity contribution in [1.29, 1.82) is 0 Å². The van der Waals surface area contributed by atoms with Gasteiger partial charge in [0, 0.05) is 12.6 Å². The van der Waals surface area contributed by atoms with Crippen LogP contribution in [0.15, 0.2) is 0 Å². The summed E-state index contributed by atoms with van der Waals surface area (Å²) in [7, 11) is -3.31. The number of nitrogens with zero attached hydrogens (tertiary/aromatic N) is 1. The Balaban J connectivity index is 1.63. The number of hydrogen-bond acceptors (Lipinski definition) is 3. The van der Waals surface area contributed by atoms with E-state index in [4.69, 9.17) is 0 Å². The van der Waals surface area contributed by atoms with Crippen LogP contribution in [0, 0.1) is 17.8 Å². The lowest BCUT2D eigenvalue weighted by molar-refractivity contribution is -0.126. The molecular formula is C16H28N2O3S. The van der Waals surface area contributed by atoms with Crippen LogP contribution < -0.4 is 5.32 Å². The summed E-state index contributed by atoms with van der Waals surface area (Å²) in [4.78, 5) is 12.6. The molecule has 0 unspecified atom stereocenters. The minimum Gasteiger partial charge on any atom is -0.352 e. The summed E-state index contributed by atoms with van der Waals surface area (Å²) in [6, 6.07) is -0.351. The van der Waals surface area contributed by atoms with Gasteiger partial charge in [-0.15, -0.1) is 0 Å². The lowest BCUT2D eigenvalue weighted by Crippen LogP contribution is -2.54. The van der Waals surface area contributed by atoms with Gasteiger partial charge in [0.2, 0.25) is 15.9 Å². The van der Waals surface area contributed by atoms with Gasteiger partial charge >= 0.3 is 0 Å². The van der Waals surface area contributed by atoms with E-state index in [1.807, 2.05) is 0 Å². The van der Waals surface area contributed by atoms with Crippen molar-refractivity contribution in [3.05, 3.63) is 0 Å². The number of sulfonamides is 1. The monoisotopic (exact) mass is 328 g/mol. The number of nitrogens with one attached hydrogen (secondary N) is 1. The summed E-state index contributed by atoms with van der Waals surface area (Å²) in [6.45, 7) is 2.57. The molecule has 126 valence electrons. The van der Waals surface area contributed by atoms with Crippen molar-refractivity contribution >= 4 is 15.9 Å². The van der Waals surface area contributed by atoms with Gasteiger partial charge in [-0.1, -0.05) is 12.8 Å². The van der Waals surface area contributed by atoms with Crippen LogP contribution in [0.2, 0.25) is 0 Å². The molecule has 3 fully saturated rings. The Morgan fingerprint density at radius 3 is 2.55 bits per heavy atom. The van der Waals surface area contributed by atoms with Crippen molar-refractivity contribution in [2.24, 2.45) is 17.8 Å².